The molecule has 0 unspecified atom stereocenters. The van der Waals surface area contributed by atoms with E-state index >= 15 is 0 Å². The summed E-state index contributed by atoms with van der Waals surface area (Å²) in [5.74, 6) is 0.472. The summed E-state index contributed by atoms with van der Waals surface area (Å²) in [6.07, 6.45) is 0. The Morgan fingerprint density at radius 3 is 0.886 bits per heavy atom. The van der Waals surface area contributed by atoms with Crippen molar-refractivity contribution in [3.8, 4) is 0 Å². The molecule has 0 radical (unpaired) electrons. The number of rotatable bonds is 0. The van der Waals surface area contributed by atoms with Crippen LogP contribution in [-0.2, 0) is 14.3 Å². The molecule has 2 rings (SSSR count). The quantitative estimate of drug-likeness (QED) is 0.206. The van der Waals surface area contributed by atoms with Gasteiger partial charge >= 0.3 is 5.97 Å². The van der Waals surface area contributed by atoms with E-state index in [1.807, 2.05) is 91.8 Å². The number of aliphatic imine (C=N–C) groups is 1. The van der Waals surface area contributed by atoms with Gasteiger partial charge in [-0.05, 0) is 13.8 Å². The van der Waals surface area contributed by atoms with Crippen molar-refractivity contribution in [1.82, 2.24) is 0 Å². The first kappa shape index (κ1) is 53.6. The molecule has 0 saturated heterocycles. The number of methoxy groups -OCH3 is 2. The van der Waals surface area contributed by atoms with Crippen molar-refractivity contribution in [1.29, 1.82) is 0 Å². The molecule has 0 aromatic heterocycles. The predicted molar refractivity (Wildman–Crippen MR) is 165 cm³/mol. The number of carbonyl (C=O) groups excluding carboxylic acids is 1. The lowest BCUT2D eigenvalue weighted by Gasteiger charge is -1.90. The molecule has 4 heteroatoms. The first-order valence-corrected chi connectivity index (χ1v) is 11.9. The second kappa shape index (κ2) is 57.8. The molecule has 0 aliphatic heterocycles. The Morgan fingerprint density at radius 1 is 0.600 bits per heavy atom. The number of hydrogen-bond donors (Lipinski definition) is 0. The lowest BCUT2D eigenvalue weighted by atomic mass is 10.2. The van der Waals surface area contributed by atoms with Crippen LogP contribution in [0.5, 0.6) is 0 Å². The molecule has 0 aliphatic rings. The number of hydrogen-bond acceptors (Lipinski definition) is 4. The predicted octanol–water partition coefficient (Wildman–Crippen LogP) is 10.2. The van der Waals surface area contributed by atoms with Crippen LogP contribution < -0.4 is 0 Å². The van der Waals surface area contributed by atoms with Crippen LogP contribution in [0.4, 0.5) is 0 Å². The maximum absolute atomic E-state index is 9.59. The van der Waals surface area contributed by atoms with Crippen LogP contribution in [0.1, 0.15) is 95.2 Å². The first-order chi connectivity index (χ1) is 15.9. The van der Waals surface area contributed by atoms with Gasteiger partial charge in [-0.3, -0.25) is 9.79 Å². The van der Waals surface area contributed by atoms with E-state index in [0.29, 0.717) is 0 Å². The summed E-state index contributed by atoms with van der Waals surface area (Å²) in [4.78, 5) is 13.3. The number of aryl methyl sites for hydroxylation is 2. The minimum absolute atomic E-state index is 0. The van der Waals surface area contributed by atoms with Gasteiger partial charge in [-0.25, -0.2) is 0 Å². The highest BCUT2D eigenvalue weighted by Gasteiger charge is 1.76. The number of nitrogens with zero attached hydrogens (tertiary/aromatic N) is 1. The summed E-state index contributed by atoms with van der Waals surface area (Å²) in [6, 6.07) is 20.5. The Kier molecular flexibility index (Phi) is 88.6. The van der Waals surface area contributed by atoms with Gasteiger partial charge in [-0.2, -0.15) is 0 Å². The van der Waals surface area contributed by atoms with Gasteiger partial charge in [0.05, 0.1) is 14.2 Å². The third-order valence-electron chi connectivity index (χ3n) is 2.78. The molecular formula is C31H63NO3. The van der Waals surface area contributed by atoms with Crippen LogP contribution in [0.2, 0.25) is 0 Å². The molecule has 2 aromatic carbocycles. The van der Waals surface area contributed by atoms with E-state index in [9.17, 15) is 4.79 Å². The number of benzene rings is 2. The Labute approximate surface area is 222 Å². The molecule has 0 bridgehead atoms. The fraction of sp³-hybridized carbons (Fsp3) is 0.548. The van der Waals surface area contributed by atoms with Crippen LogP contribution in [0.15, 0.2) is 65.7 Å². The molecule has 35 heavy (non-hydrogen) atoms. The van der Waals surface area contributed by atoms with E-state index < -0.39 is 0 Å². The third-order valence-corrected chi connectivity index (χ3v) is 2.78. The summed E-state index contributed by atoms with van der Waals surface area (Å²) in [6.45, 7) is 23.3. The fourth-order valence-corrected chi connectivity index (χ4v) is 1.16. The van der Waals surface area contributed by atoms with E-state index in [2.05, 4.69) is 52.6 Å². The maximum atomic E-state index is 9.59. The Hall–Kier alpha value is -2.62. The standard InChI is InChI=1S/2C7H8.C4H9NO.C3H6O2.4C2H6.2CH4/c2*1-7-5-3-2-4-6-7;1-4(5-2)6-3;1-3(4)5-2;4*1-2;;/h2*2-6H,1H3;1-3H3;1-2H3;4*1-2H3;2*1H4. The van der Waals surface area contributed by atoms with Crippen molar-refractivity contribution in [2.24, 2.45) is 4.99 Å². The van der Waals surface area contributed by atoms with Gasteiger partial charge in [0.1, 0.15) is 0 Å². The topological polar surface area (TPSA) is 47.9 Å². The van der Waals surface area contributed by atoms with Crippen molar-refractivity contribution in [3.63, 3.8) is 0 Å². The smallest absolute Gasteiger partial charge is 0.302 e. The normalized spacial score (nSPS) is 7.11. The van der Waals surface area contributed by atoms with Gasteiger partial charge in [0, 0.05) is 20.9 Å². The van der Waals surface area contributed by atoms with E-state index in [1.165, 1.54) is 25.2 Å². The Morgan fingerprint density at radius 2 is 0.829 bits per heavy atom. The molecule has 0 fully saturated rings. The molecule has 0 spiro atoms. The molecular weight excluding hydrogens is 434 g/mol. The third kappa shape index (κ3) is 72.1. The van der Waals surface area contributed by atoms with Crippen LogP contribution in [0.25, 0.3) is 0 Å². The van der Waals surface area contributed by atoms with Crippen LogP contribution in [0.3, 0.4) is 0 Å². The zero-order chi connectivity index (χ0) is 27.5. The number of esters is 1. The summed E-state index contributed by atoms with van der Waals surface area (Å²) in [5.41, 5.74) is 2.64. The minimum atomic E-state index is -0.245. The molecule has 0 aliphatic carbocycles. The minimum Gasteiger partial charge on any atom is -0.485 e. The van der Waals surface area contributed by atoms with E-state index in [1.54, 1.807) is 21.1 Å². The highest BCUT2D eigenvalue weighted by atomic mass is 16.5. The second-order valence-corrected chi connectivity index (χ2v) is 4.95. The molecule has 0 atom stereocenters. The molecule has 0 amide bonds. The molecule has 0 N–H and O–H groups in total. The average Bonchev–Trinajstić information content (AvgIpc) is 2.90. The summed E-state index contributed by atoms with van der Waals surface area (Å²) < 4.78 is 8.76. The van der Waals surface area contributed by atoms with E-state index in [0.717, 1.165) is 5.90 Å². The molecule has 0 heterocycles. The van der Waals surface area contributed by atoms with Crippen molar-refractivity contribution < 1.29 is 14.3 Å². The Bertz CT molecular complexity index is 531. The van der Waals surface area contributed by atoms with E-state index in [4.69, 9.17) is 0 Å². The Balaban J connectivity index is -0.0000000417. The van der Waals surface area contributed by atoms with Crippen LogP contribution >= 0.6 is 0 Å². The van der Waals surface area contributed by atoms with Gasteiger partial charge in [0.25, 0.3) is 0 Å². The SMILES string of the molecule is C.C.CC.CC.CC.CC.CN=C(C)OC.COC(C)=O.Cc1ccccc1.Cc1ccccc1. The van der Waals surface area contributed by atoms with Crippen molar-refractivity contribution in [2.75, 3.05) is 21.3 Å². The number of ether oxygens (including phenoxy) is 2. The molecule has 2 aromatic rings. The lowest BCUT2D eigenvalue weighted by molar-refractivity contribution is -0.137. The van der Waals surface area contributed by atoms with Gasteiger partial charge in [-0.1, -0.05) is 142 Å². The second-order valence-electron chi connectivity index (χ2n) is 4.95. The van der Waals surface area contributed by atoms with Gasteiger partial charge in [0.2, 0.25) is 0 Å². The summed E-state index contributed by atoms with van der Waals surface area (Å²) >= 11 is 0. The molecule has 4 nitrogen and oxygen atoms in total. The highest BCUT2D eigenvalue weighted by Crippen LogP contribution is 1.92. The van der Waals surface area contributed by atoms with Crippen molar-refractivity contribution in [3.05, 3.63) is 71.8 Å². The fourth-order valence-electron chi connectivity index (χ4n) is 1.16. The average molecular weight is 498 g/mol. The number of carbonyl (C=O) groups is 1. The monoisotopic (exact) mass is 497 g/mol. The van der Waals surface area contributed by atoms with Crippen molar-refractivity contribution in [2.45, 2.75) is 97.9 Å². The van der Waals surface area contributed by atoms with Crippen LogP contribution in [0, 0.1) is 13.8 Å². The summed E-state index contributed by atoms with van der Waals surface area (Å²) in [7, 11) is 4.64. The first-order valence-electron chi connectivity index (χ1n) is 11.9. The molecule has 210 valence electrons. The van der Waals surface area contributed by atoms with Crippen molar-refractivity contribution >= 4 is 11.9 Å². The zero-order valence-corrected chi connectivity index (χ0v) is 24.4. The maximum Gasteiger partial charge on any atom is 0.302 e. The lowest BCUT2D eigenvalue weighted by Crippen LogP contribution is -1.90. The zero-order valence-electron chi connectivity index (χ0n) is 24.4. The largest absolute Gasteiger partial charge is 0.485 e. The highest BCUT2D eigenvalue weighted by molar-refractivity contribution is 5.72. The summed E-state index contributed by atoms with van der Waals surface area (Å²) in [5, 5.41) is 0. The van der Waals surface area contributed by atoms with Crippen LogP contribution in [-0.4, -0.2) is 33.1 Å². The van der Waals surface area contributed by atoms with Gasteiger partial charge in [0.15, 0.2) is 5.90 Å². The molecule has 0 saturated carbocycles. The van der Waals surface area contributed by atoms with Gasteiger partial charge < -0.3 is 9.47 Å². The van der Waals surface area contributed by atoms with E-state index in [-0.39, 0.29) is 20.8 Å². The van der Waals surface area contributed by atoms with Gasteiger partial charge in [-0.15, -0.1) is 0 Å².